The van der Waals surface area contributed by atoms with Crippen molar-refractivity contribution in [2.45, 2.75) is 27.4 Å². The predicted octanol–water partition coefficient (Wildman–Crippen LogP) is 2.23. The molecule has 0 bridgehead atoms. The molecule has 3 heterocycles. The van der Waals surface area contributed by atoms with E-state index in [2.05, 4.69) is 9.97 Å². The summed E-state index contributed by atoms with van der Waals surface area (Å²) in [6.45, 7) is 5.13. The van der Waals surface area contributed by atoms with Gasteiger partial charge in [0.2, 0.25) is 0 Å². The molecule has 0 aliphatic rings. The van der Waals surface area contributed by atoms with Gasteiger partial charge >= 0.3 is 11.9 Å². The molecule has 0 atom stereocenters. The lowest BCUT2D eigenvalue weighted by atomic mass is 10.1. The van der Waals surface area contributed by atoms with Gasteiger partial charge in [-0.1, -0.05) is 0 Å². The lowest BCUT2D eigenvalue weighted by Gasteiger charge is -2.05. The second-order valence-electron chi connectivity index (χ2n) is 5.56. The van der Waals surface area contributed by atoms with Gasteiger partial charge < -0.3 is 14.5 Å². The van der Waals surface area contributed by atoms with E-state index >= 15 is 0 Å². The number of rotatable bonds is 5. The van der Waals surface area contributed by atoms with Gasteiger partial charge in [0.05, 0.1) is 17.9 Å². The van der Waals surface area contributed by atoms with Gasteiger partial charge in [-0.15, -0.1) is 11.3 Å². The van der Waals surface area contributed by atoms with Gasteiger partial charge in [-0.3, -0.25) is 9.20 Å². The second-order valence-corrected chi connectivity index (χ2v) is 6.44. The minimum atomic E-state index is -0.597. The molecule has 3 rings (SSSR count). The molecule has 0 aliphatic carbocycles. The Labute approximate surface area is 152 Å². The van der Waals surface area contributed by atoms with Crippen LogP contribution in [0, 0.1) is 13.8 Å². The van der Waals surface area contributed by atoms with Crippen molar-refractivity contribution in [1.82, 2.24) is 14.4 Å². The van der Waals surface area contributed by atoms with Crippen LogP contribution in [0.4, 0.5) is 0 Å². The summed E-state index contributed by atoms with van der Waals surface area (Å²) in [4.78, 5) is 44.0. The molecule has 0 radical (unpaired) electrons. The Bertz CT molecular complexity index is 1050. The Kier molecular flexibility index (Phi) is 4.90. The molecule has 8 nitrogen and oxygen atoms in total. The molecule has 0 aromatic carbocycles. The molecule has 26 heavy (non-hydrogen) atoms. The fourth-order valence-corrected chi connectivity index (χ4v) is 3.38. The highest BCUT2D eigenvalue weighted by molar-refractivity contribution is 7.15. The fourth-order valence-electron chi connectivity index (χ4n) is 2.64. The molecule has 0 unspecified atom stereocenters. The summed E-state index contributed by atoms with van der Waals surface area (Å²) in [5.74, 6) is -1.12. The number of H-pyrrole nitrogens is 1. The summed E-state index contributed by atoms with van der Waals surface area (Å²) in [7, 11) is 0. The number of ether oxygens (including phenoxy) is 2. The smallest absolute Gasteiger partial charge is 0.355 e. The normalized spacial score (nSPS) is 10.9. The molecule has 0 saturated carbocycles. The third-order valence-electron chi connectivity index (χ3n) is 3.83. The Balaban J connectivity index is 1.79. The van der Waals surface area contributed by atoms with Crippen LogP contribution in [0.15, 0.2) is 22.4 Å². The van der Waals surface area contributed by atoms with Crippen molar-refractivity contribution < 1.29 is 19.1 Å². The molecule has 0 amide bonds. The highest BCUT2D eigenvalue weighted by Crippen LogP contribution is 2.20. The Morgan fingerprint density at radius 2 is 2.04 bits per heavy atom. The molecule has 0 aliphatic heterocycles. The minimum Gasteiger partial charge on any atom is -0.461 e. The minimum absolute atomic E-state index is 0.138. The molecule has 9 heteroatoms. The van der Waals surface area contributed by atoms with Crippen LogP contribution < -0.4 is 5.56 Å². The average Bonchev–Trinajstić information content (AvgIpc) is 3.17. The van der Waals surface area contributed by atoms with E-state index < -0.39 is 11.9 Å². The molecule has 0 fully saturated rings. The third-order valence-corrected chi connectivity index (χ3v) is 4.59. The zero-order valence-corrected chi connectivity index (χ0v) is 15.3. The molecule has 1 N–H and O–H groups in total. The quantitative estimate of drug-likeness (QED) is 0.686. The number of aryl methyl sites for hydroxylation is 1. The first kappa shape index (κ1) is 17.9. The van der Waals surface area contributed by atoms with E-state index in [4.69, 9.17) is 9.47 Å². The van der Waals surface area contributed by atoms with E-state index in [1.165, 1.54) is 21.8 Å². The molecular weight excluding hydrogens is 358 g/mol. The largest absolute Gasteiger partial charge is 0.461 e. The zero-order valence-electron chi connectivity index (χ0n) is 14.5. The SMILES string of the molecule is CCOC(=O)c1[nH]c(C)c(C(=O)OCc2cc(=O)n3ccsc3n2)c1C. The van der Waals surface area contributed by atoms with Crippen molar-refractivity contribution in [3.63, 3.8) is 0 Å². The van der Waals surface area contributed by atoms with E-state index in [-0.39, 0.29) is 30.0 Å². The standard InChI is InChI=1S/C17H17N3O5S/c1-4-24-16(23)14-9(2)13(10(3)18-14)15(22)25-8-11-7-12(21)20-5-6-26-17(20)19-11/h5-7,18H,4,8H2,1-3H3. The zero-order chi connectivity index (χ0) is 18.8. The number of esters is 2. The topological polar surface area (TPSA) is 103 Å². The third kappa shape index (κ3) is 3.25. The first-order valence-corrected chi connectivity index (χ1v) is 8.79. The number of aromatic nitrogens is 3. The van der Waals surface area contributed by atoms with E-state index in [0.29, 0.717) is 21.9 Å². The lowest BCUT2D eigenvalue weighted by Crippen LogP contribution is -2.15. The molecule has 0 spiro atoms. The molecule has 3 aromatic rings. The van der Waals surface area contributed by atoms with Crippen LogP contribution >= 0.6 is 11.3 Å². The maximum atomic E-state index is 12.4. The highest BCUT2D eigenvalue weighted by Gasteiger charge is 2.24. The summed E-state index contributed by atoms with van der Waals surface area (Å²) >= 11 is 1.32. The fraction of sp³-hybridized carbons (Fsp3) is 0.294. The summed E-state index contributed by atoms with van der Waals surface area (Å²) < 4.78 is 11.7. The van der Waals surface area contributed by atoms with E-state index in [1.807, 2.05) is 0 Å². The van der Waals surface area contributed by atoms with Crippen LogP contribution in [0.5, 0.6) is 0 Å². The lowest BCUT2D eigenvalue weighted by molar-refractivity contribution is 0.0466. The number of fused-ring (bicyclic) bond motifs is 1. The van der Waals surface area contributed by atoms with E-state index in [1.54, 1.807) is 32.3 Å². The highest BCUT2D eigenvalue weighted by atomic mass is 32.1. The van der Waals surface area contributed by atoms with Gasteiger partial charge in [0.1, 0.15) is 12.3 Å². The van der Waals surface area contributed by atoms with Gasteiger partial charge in [-0.05, 0) is 26.3 Å². The van der Waals surface area contributed by atoms with Gasteiger partial charge in [0.25, 0.3) is 5.56 Å². The van der Waals surface area contributed by atoms with Crippen molar-refractivity contribution in [2.75, 3.05) is 6.61 Å². The monoisotopic (exact) mass is 375 g/mol. The molecule has 0 saturated heterocycles. The Morgan fingerprint density at radius 1 is 1.27 bits per heavy atom. The van der Waals surface area contributed by atoms with Crippen LogP contribution in [0.25, 0.3) is 4.96 Å². The van der Waals surface area contributed by atoms with Gasteiger partial charge in [0, 0.05) is 23.3 Å². The summed E-state index contributed by atoms with van der Waals surface area (Å²) in [5.41, 5.74) is 1.61. The summed E-state index contributed by atoms with van der Waals surface area (Å²) in [6, 6.07) is 1.33. The van der Waals surface area contributed by atoms with Crippen molar-refractivity contribution in [1.29, 1.82) is 0 Å². The van der Waals surface area contributed by atoms with Crippen LogP contribution in [0.2, 0.25) is 0 Å². The van der Waals surface area contributed by atoms with Gasteiger partial charge in [-0.25, -0.2) is 14.6 Å². The number of carbonyl (C=O) groups is 2. The van der Waals surface area contributed by atoms with Crippen LogP contribution in [-0.4, -0.2) is 32.9 Å². The number of hydrogen-bond donors (Lipinski definition) is 1. The number of carbonyl (C=O) groups excluding carboxylic acids is 2. The first-order valence-electron chi connectivity index (χ1n) is 7.91. The van der Waals surface area contributed by atoms with Crippen LogP contribution in [0.1, 0.15) is 44.7 Å². The summed E-state index contributed by atoms with van der Waals surface area (Å²) in [6.07, 6.45) is 1.63. The van der Waals surface area contributed by atoms with Crippen molar-refractivity contribution >= 4 is 28.2 Å². The maximum absolute atomic E-state index is 12.4. The van der Waals surface area contributed by atoms with Crippen molar-refractivity contribution in [3.05, 3.63) is 56.2 Å². The van der Waals surface area contributed by atoms with Crippen molar-refractivity contribution in [3.8, 4) is 0 Å². The Morgan fingerprint density at radius 3 is 2.77 bits per heavy atom. The number of thiazole rings is 1. The van der Waals surface area contributed by atoms with Crippen LogP contribution in [-0.2, 0) is 16.1 Å². The first-order chi connectivity index (χ1) is 12.4. The average molecular weight is 375 g/mol. The second kappa shape index (κ2) is 7.12. The molecular formula is C17H17N3O5S. The number of hydrogen-bond acceptors (Lipinski definition) is 7. The summed E-state index contributed by atoms with van der Waals surface area (Å²) in [5, 5.41) is 1.75. The molecule has 3 aromatic heterocycles. The van der Waals surface area contributed by atoms with E-state index in [0.717, 1.165) is 0 Å². The van der Waals surface area contributed by atoms with Crippen LogP contribution in [0.3, 0.4) is 0 Å². The maximum Gasteiger partial charge on any atom is 0.355 e. The number of nitrogens with one attached hydrogen (secondary N) is 1. The van der Waals surface area contributed by atoms with Crippen molar-refractivity contribution in [2.24, 2.45) is 0 Å². The number of nitrogens with zero attached hydrogens (tertiary/aromatic N) is 2. The predicted molar refractivity (Wildman–Crippen MR) is 94.7 cm³/mol. The molecule has 136 valence electrons. The van der Waals surface area contributed by atoms with Gasteiger partial charge in [0.15, 0.2) is 4.96 Å². The number of aromatic amines is 1. The van der Waals surface area contributed by atoms with Gasteiger partial charge in [-0.2, -0.15) is 0 Å². The Hall–Kier alpha value is -2.94. The van der Waals surface area contributed by atoms with E-state index in [9.17, 15) is 14.4 Å².